The van der Waals surface area contributed by atoms with E-state index in [9.17, 15) is 19.5 Å². The highest BCUT2D eigenvalue weighted by molar-refractivity contribution is 5.82. The first kappa shape index (κ1) is 26.2. The average molecular weight is 482 g/mol. The third kappa shape index (κ3) is 6.82. The molecule has 2 aromatic rings. The van der Waals surface area contributed by atoms with Gasteiger partial charge >= 0.3 is 12.1 Å². The second kappa shape index (κ2) is 11.8. The topological polar surface area (TPSA) is 99.2 Å². The van der Waals surface area contributed by atoms with Gasteiger partial charge in [-0.05, 0) is 42.3 Å². The molecular formula is C27H35N3O5. The number of aliphatic carboxylic acids is 1. The molecule has 0 heterocycles. The molecule has 8 heteroatoms. The number of alkyl carbamates (subject to hydrolysis) is 1. The lowest BCUT2D eigenvalue weighted by Gasteiger charge is -2.27. The maximum Gasteiger partial charge on any atom is 0.407 e. The molecule has 1 aliphatic carbocycles. The Morgan fingerprint density at radius 3 is 2.06 bits per heavy atom. The van der Waals surface area contributed by atoms with Crippen LogP contribution in [0, 0.1) is 5.92 Å². The third-order valence-electron chi connectivity index (χ3n) is 6.34. The van der Waals surface area contributed by atoms with Gasteiger partial charge in [-0.1, -0.05) is 62.4 Å². The van der Waals surface area contributed by atoms with Crippen LogP contribution in [0.2, 0.25) is 0 Å². The van der Waals surface area contributed by atoms with Crippen LogP contribution in [0.25, 0.3) is 11.1 Å². The van der Waals surface area contributed by atoms with E-state index in [-0.39, 0.29) is 37.3 Å². The van der Waals surface area contributed by atoms with Crippen molar-refractivity contribution in [2.45, 2.75) is 32.2 Å². The van der Waals surface area contributed by atoms with Crippen molar-refractivity contribution >= 4 is 18.0 Å². The molecule has 2 amide bonds. The summed E-state index contributed by atoms with van der Waals surface area (Å²) >= 11 is 0. The summed E-state index contributed by atoms with van der Waals surface area (Å²) in [5.74, 6) is -1.47. The van der Waals surface area contributed by atoms with Crippen LogP contribution >= 0.6 is 0 Å². The second-order valence-corrected chi connectivity index (χ2v) is 9.54. The highest BCUT2D eigenvalue weighted by atomic mass is 16.5. The lowest BCUT2D eigenvalue weighted by atomic mass is 9.98. The SMILES string of the molecule is CC(C)[C@@H](CC(=O)N(CCN(C)C)CC(=O)O)NC(=O)OCC1c2ccccc2-c2ccccc21. The summed E-state index contributed by atoms with van der Waals surface area (Å²) in [5.41, 5.74) is 4.56. The van der Waals surface area contributed by atoms with Crippen LogP contribution in [0.1, 0.15) is 37.3 Å². The van der Waals surface area contributed by atoms with E-state index in [1.54, 1.807) is 0 Å². The maximum absolute atomic E-state index is 12.9. The summed E-state index contributed by atoms with van der Waals surface area (Å²) in [6.45, 7) is 4.47. The normalized spacial score (nSPS) is 13.3. The molecule has 35 heavy (non-hydrogen) atoms. The average Bonchev–Trinajstić information content (AvgIpc) is 3.13. The fourth-order valence-electron chi connectivity index (χ4n) is 4.34. The molecule has 0 saturated carbocycles. The molecule has 0 radical (unpaired) electrons. The minimum absolute atomic E-state index is 0.00255. The van der Waals surface area contributed by atoms with E-state index in [0.29, 0.717) is 13.1 Å². The first-order valence-corrected chi connectivity index (χ1v) is 11.9. The zero-order chi connectivity index (χ0) is 25.5. The van der Waals surface area contributed by atoms with Crippen molar-refractivity contribution in [1.82, 2.24) is 15.1 Å². The summed E-state index contributed by atoms with van der Waals surface area (Å²) in [6, 6.07) is 15.8. The molecule has 8 nitrogen and oxygen atoms in total. The van der Waals surface area contributed by atoms with Crippen molar-refractivity contribution in [3.8, 4) is 11.1 Å². The number of likely N-dealkylation sites (N-methyl/N-ethyl adjacent to an activating group) is 1. The van der Waals surface area contributed by atoms with E-state index < -0.39 is 18.1 Å². The summed E-state index contributed by atoms with van der Waals surface area (Å²) in [4.78, 5) is 40.1. The molecule has 0 saturated heterocycles. The molecule has 1 aliphatic rings. The van der Waals surface area contributed by atoms with Gasteiger partial charge < -0.3 is 25.0 Å². The third-order valence-corrected chi connectivity index (χ3v) is 6.34. The predicted octanol–water partition coefficient (Wildman–Crippen LogP) is 3.41. The molecule has 0 unspecified atom stereocenters. The van der Waals surface area contributed by atoms with E-state index >= 15 is 0 Å². The van der Waals surface area contributed by atoms with Crippen molar-refractivity contribution < 1.29 is 24.2 Å². The Morgan fingerprint density at radius 1 is 0.971 bits per heavy atom. The number of rotatable bonds is 11. The second-order valence-electron chi connectivity index (χ2n) is 9.54. The van der Waals surface area contributed by atoms with E-state index in [1.165, 1.54) is 4.90 Å². The monoisotopic (exact) mass is 481 g/mol. The summed E-state index contributed by atoms with van der Waals surface area (Å²) in [6.07, 6.45) is -0.584. The van der Waals surface area contributed by atoms with Crippen molar-refractivity contribution in [2.75, 3.05) is 40.3 Å². The maximum atomic E-state index is 12.9. The van der Waals surface area contributed by atoms with Gasteiger partial charge in [0.15, 0.2) is 0 Å². The van der Waals surface area contributed by atoms with Crippen molar-refractivity contribution in [3.63, 3.8) is 0 Å². The number of amides is 2. The van der Waals surface area contributed by atoms with Gasteiger partial charge in [0.25, 0.3) is 0 Å². The number of hydrogen-bond acceptors (Lipinski definition) is 5. The molecule has 0 aromatic heterocycles. The predicted molar refractivity (Wildman–Crippen MR) is 134 cm³/mol. The number of hydrogen-bond donors (Lipinski definition) is 2. The van der Waals surface area contributed by atoms with Gasteiger partial charge in [0.1, 0.15) is 13.2 Å². The van der Waals surface area contributed by atoms with Gasteiger partial charge in [-0.15, -0.1) is 0 Å². The van der Waals surface area contributed by atoms with Crippen LogP contribution in [0.3, 0.4) is 0 Å². The molecule has 188 valence electrons. The largest absolute Gasteiger partial charge is 0.480 e. The molecule has 0 aliphatic heterocycles. The zero-order valence-corrected chi connectivity index (χ0v) is 20.9. The smallest absolute Gasteiger partial charge is 0.407 e. The Hall–Kier alpha value is -3.39. The van der Waals surface area contributed by atoms with Crippen LogP contribution in [0.5, 0.6) is 0 Å². The number of ether oxygens (including phenoxy) is 1. The zero-order valence-electron chi connectivity index (χ0n) is 20.9. The van der Waals surface area contributed by atoms with E-state index in [1.807, 2.05) is 57.1 Å². The number of fused-ring (bicyclic) bond motifs is 3. The molecule has 0 bridgehead atoms. The van der Waals surface area contributed by atoms with Crippen molar-refractivity contribution in [1.29, 1.82) is 0 Å². The Balaban J connectivity index is 1.62. The summed E-state index contributed by atoms with van der Waals surface area (Å²) in [5, 5.41) is 12.0. The van der Waals surface area contributed by atoms with Gasteiger partial charge in [-0.25, -0.2) is 4.79 Å². The molecule has 2 N–H and O–H groups in total. The van der Waals surface area contributed by atoms with Crippen LogP contribution in [0.15, 0.2) is 48.5 Å². The highest BCUT2D eigenvalue weighted by Gasteiger charge is 2.30. The minimum atomic E-state index is -1.07. The number of benzene rings is 2. The summed E-state index contributed by atoms with van der Waals surface area (Å²) < 4.78 is 5.63. The Morgan fingerprint density at radius 2 is 1.54 bits per heavy atom. The number of carbonyl (C=O) groups excluding carboxylic acids is 2. The Bertz CT molecular complexity index is 1010. The Labute approximate surface area is 206 Å². The van der Waals surface area contributed by atoms with E-state index in [0.717, 1.165) is 22.3 Å². The molecule has 1 atom stereocenters. The van der Waals surface area contributed by atoms with Gasteiger partial charge in [0.05, 0.1) is 0 Å². The van der Waals surface area contributed by atoms with Gasteiger partial charge in [-0.3, -0.25) is 9.59 Å². The molecule has 0 fully saturated rings. The van der Waals surface area contributed by atoms with Crippen LogP contribution in [-0.4, -0.2) is 79.3 Å². The summed E-state index contributed by atoms with van der Waals surface area (Å²) in [7, 11) is 3.72. The lowest BCUT2D eigenvalue weighted by Crippen LogP contribution is -2.46. The van der Waals surface area contributed by atoms with Crippen LogP contribution in [0.4, 0.5) is 4.79 Å². The van der Waals surface area contributed by atoms with Gasteiger partial charge in [0, 0.05) is 31.5 Å². The molecule has 2 aromatic carbocycles. The van der Waals surface area contributed by atoms with Gasteiger partial charge in [-0.2, -0.15) is 0 Å². The van der Waals surface area contributed by atoms with E-state index in [4.69, 9.17) is 4.74 Å². The first-order valence-electron chi connectivity index (χ1n) is 11.9. The number of carboxylic acid groups (broad SMARTS) is 1. The number of nitrogens with one attached hydrogen (secondary N) is 1. The number of carboxylic acids is 1. The fourth-order valence-corrected chi connectivity index (χ4v) is 4.34. The minimum Gasteiger partial charge on any atom is -0.480 e. The number of carbonyl (C=O) groups is 3. The highest BCUT2D eigenvalue weighted by Crippen LogP contribution is 2.44. The van der Waals surface area contributed by atoms with Crippen LogP contribution in [-0.2, 0) is 14.3 Å². The quantitative estimate of drug-likeness (QED) is 0.510. The fraction of sp³-hybridized carbons (Fsp3) is 0.444. The van der Waals surface area contributed by atoms with Crippen LogP contribution < -0.4 is 5.32 Å². The van der Waals surface area contributed by atoms with Gasteiger partial charge in [0.2, 0.25) is 5.91 Å². The Kier molecular flexibility index (Phi) is 8.87. The molecular weight excluding hydrogens is 446 g/mol. The molecule has 3 rings (SSSR count). The standard InChI is InChI=1S/C27H35N3O5/c1-18(2)24(15-25(31)30(16-26(32)33)14-13-29(3)4)28-27(34)35-17-23-21-11-7-5-9-19(21)20-10-6-8-12-22(20)23/h5-12,18,23-24H,13-17H2,1-4H3,(H,28,34)(H,32,33)/t24-/m1/s1. The van der Waals surface area contributed by atoms with E-state index in [2.05, 4.69) is 29.6 Å². The molecule has 0 spiro atoms. The van der Waals surface area contributed by atoms with Crippen molar-refractivity contribution in [3.05, 3.63) is 59.7 Å². The first-order chi connectivity index (χ1) is 16.7. The van der Waals surface area contributed by atoms with Crippen molar-refractivity contribution in [2.24, 2.45) is 5.92 Å². The lowest BCUT2D eigenvalue weighted by molar-refractivity contribution is -0.144. The number of nitrogens with zero attached hydrogens (tertiary/aromatic N) is 2.